The smallest absolute Gasteiger partial charge is 0.248 e. The van der Waals surface area contributed by atoms with Crippen molar-refractivity contribution >= 4 is 5.82 Å². The van der Waals surface area contributed by atoms with E-state index in [0.29, 0.717) is 18.7 Å². The molecule has 1 fully saturated rings. The van der Waals surface area contributed by atoms with Gasteiger partial charge in [0, 0.05) is 25.1 Å². The first kappa shape index (κ1) is 13.2. The van der Waals surface area contributed by atoms with Crippen LogP contribution in [0.5, 0.6) is 0 Å². The van der Waals surface area contributed by atoms with Crippen molar-refractivity contribution in [3.05, 3.63) is 23.9 Å². The Kier molecular flexibility index (Phi) is 3.80. The summed E-state index contributed by atoms with van der Waals surface area (Å²) in [6.45, 7) is 0. The molecule has 3 nitrogen and oxygen atoms in total. The maximum atomic E-state index is 13.2. The van der Waals surface area contributed by atoms with Gasteiger partial charge in [-0.2, -0.15) is 0 Å². The predicted octanol–water partition coefficient (Wildman–Crippen LogP) is 2.23. The van der Waals surface area contributed by atoms with Gasteiger partial charge in [0.15, 0.2) is 0 Å². The van der Waals surface area contributed by atoms with E-state index < -0.39 is 5.92 Å². The average Bonchev–Trinajstić information content (AvgIpc) is 2.66. The van der Waals surface area contributed by atoms with E-state index >= 15 is 0 Å². The first-order valence-electron chi connectivity index (χ1n) is 6.26. The van der Waals surface area contributed by atoms with Crippen molar-refractivity contribution in [3.63, 3.8) is 0 Å². The summed E-state index contributed by atoms with van der Waals surface area (Å²) in [5.74, 6) is -1.99. The highest BCUT2D eigenvalue weighted by molar-refractivity contribution is 5.32. The SMILES string of the molecule is CNC(Cc1ccnc(N)c1)C1CCC(F)(F)C1. The van der Waals surface area contributed by atoms with Crippen LogP contribution in [0.25, 0.3) is 0 Å². The molecule has 1 aliphatic carbocycles. The molecule has 3 N–H and O–H groups in total. The van der Waals surface area contributed by atoms with Crippen LogP contribution < -0.4 is 11.1 Å². The van der Waals surface area contributed by atoms with E-state index in [0.717, 1.165) is 5.56 Å². The van der Waals surface area contributed by atoms with Gasteiger partial charge in [0.05, 0.1) is 0 Å². The van der Waals surface area contributed by atoms with E-state index in [2.05, 4.69) is 10.3 Å². The van der Waals surface area contributed by atoms with Crippen molar-refractivity contribution in [2.75, 3.05) is 12.8 Å². The molecule has 1 aromatic rings. The Hall–Kier alpha value is -1.23. The fourth-order valence-electron chi connectivity index (χ4n) is 2.71. The van der Waals surface area contributed by atoms with Crippen LogP contribution in [-0.4, -0.2) is 24.0 Å². The molecule has 1 heterocycles. The maximum absolute atomic E-state index is 13.2. The van der Waals surface area contributed by atoms with Gasteiger partial charge < -0.3 is 11.1 Å². The van der Waals surface area contributed by atoms with Gasteiger partial charge in [-0.25, -0.2) is 13.8 Å². The average molecular weight is 255 g/mol. The molecule has 0 aromatic carbocycles. The number of halogens is 2. The molecule has 1 aliphatic rings. The third-order valence-corrected chi connectivity index (χ3v) is 3.68. The number of rotatable bonds is 4. The van der Waals surface area contributed by atoms with Gasteiger partial charge in [-0.3, -0.25) is 0 Å². The number of anilines is 1. The largest absolute Gasteiger partial charge is 0.384 e. The lowest BCUT2D eigenvalue weighted by molar-refractivity contribution is 0.00343. The number of hydrogen-bond acceptors (Lipinski definition) is 3. The number of aromatic nitrogens is 1. The zero-order valence-corrected chi connectivity index (χ0v) is 10.5. The minimum atomic E-state index is -2.49. The van der Waals surface area contributed by atoms with Gasteiger partial charge >= 0.3 is 0 Å². The molecule has 1 saturated carbocycles. The van der Waals surface area contributed by atoms with Gasteiger partial charge in [0.2, 0.25) is 5.92 Å². The van der Waals surface area contributed by atoms with E-state index in [1.54, 1.807) is 12.3 Å². The van der Waals surface area contributed by atoms with Crippen LogP contribution in [0.3, 0.4) is 0 Å². The summed E-state index contributed by atoms with van der Waals surface area (Å²) in [7, 11) is 1.83. The van der Waals surface area contributed by atoms with Gasteiger partial charge in [-0.05, 0) is 43.5 Å². The summed E-state index contributed by atoms with van der Waals surface area (Å²) in [6.07, 6.45) is 2.94. The van der Waals surface area contributed by atoms with Crippen LogP contribution in [0, 0.1) is 5.92 Å². The normalized spacial score (nSPS) is 24.1. The number of pyridine rings is 1. The van der Waals surface area contributed by atoms with Gasteiger partial charge in [0.1, 0.15) is 5.82 Å². The first-order chi connectivity index (χ1) is 8.50. The fourth-order valence-corrected chi connectivity index (χ4v) is 2.71. The topological polar surface area (TPSA) is 50.9 Å². The molecule has 2 rings (SSSR count). The van der Waals surface area contributed by atoms with E-state index in [1.807, 2.05) is 13.1 Å². The lowest BCUT2D eigenvalue weighted by Gasteiger charge is -2.23. The molecule has 18 heavy (non-hydrogen) atoms. The number of nitrogen functional groups attached to an aromatic ring is 1. The van der Waals surface area contributed by atoms with Gasteiger partial charge in [-0.15, -0.1) is 0 Å². The lowest BCUT2D eigenvalue weighted by Crippen LogP contribution is -2.35. The van der Waals surface area contributed by atoms with Crippen molar-refractivity contribution in [2.45, 2.75) is 37.6 Å². The minimum absolute atomic E-state index is 0.00826. The fraction of sp³-hybridized carbons (Fsp3) is 0.615. The summed E-state index contributed by atoms with van der Waals surface area (Å²) < 4.78 is 26.5. The Morgan fingerprint density at radius 2 is 2.39 bits per heavy atom. The highest BCUT2D eigenvalue weighted by atomic mass is 19.3. The molecule has 0 aliphatic heterocycles. The zero-order valence-electron chi connectivity index (χ0n) is 10.5. The van der Waals surface area contributed by atoms with Gasteiger partial charge in [-0.1, -0.05) is 0 Å². The number of alkyl halides is 2. The number of nitrogens with zero attached hydrogens (tertiary/aromatic N) is 1. The second-order valence-corrected chi connectivity index (χ2v) is 5.05. The highest BCUT2D eigenvalue weighted by Gasteiger charge is 2.42. The third-order valence-electron chi connectivity index (χ3n) is 3.68. The van der Waals surface area contributed by atoms with Crippen LogP contribution in [0.15, 0.2) is 18.3 Å². The first-order valence-corrected chi connectivity index (χ1v) is 6.26. The van der Waals surface area contributed by atoms with Crippen LogP contribution >= 0.6 is 0 Å². The Bertz CT molecular complexity index is 409. The Morgan fingerprint density at radius 3 is 2.94 bits per heavy atom. The van der Waals surface area contributed by atoms with Gasteiger partial charge in [0.25, 0.3) is 0 Å². The number of nitrogens with two attached hydrogens (primary N) is 1. The summed E-state index contributed by atoms with van der Waals surface area (Å²) in [5.41, 5.74) is 6.66. The van der Waals surface area contributed by atoms with Crippen molar-refractivity contribution in [3.8, 4) is 0 Å². The molecular weight excluding hydrogens is 236 g/mol. The second kappa shape index (κ2) is 5.18. The molecule has 0 bridgehead atoms. The quantitative estimate of drug-likeness (QED) is 0.867. The molecule has 0 saturated heterocycles. The van der Waals surface area contributed by atoms with Crippen molar-refractivity contribution in [1.82, 2.24) is 10.3 Å². The molecular formula is C13H19F2N3. The third kappa shape index (κ3) is 3.16. The monoisotopic (exact) mass is 255 g/mol. The van der Waals surface area contributed by atoms with Crippen LogP contribution in [0.1, 0.15) is 24.8 Å². The zero-order chi connectivity index (χ0) is 13.2. The van der Waals surface area contributed by atoms with Crippen LogP contribution in [0.4, 0.5) is 14.6 Å². The molecule has 0 radical (unpaired) electrons. The van der Waals surface area contributed by atoms with E-state index in [4.69, 9.17) is 5.73 Å². The second-order valence-electron chi connectivity index (χ2n) is 5.05. The Morgan fingerprint density at radius 1 is 1.61 bits per heavy atom. The Balaban J connectivity index is 2.02. The van der Waals surface area contributed by atoms with E-state index in [-0.39, 0.29) is 24.8 Å². The van der Waals surface area contributed by atoms with E-state index in [9.17, 15) is 8.78 Å². The molecule has 100 valence electrons. The van der Waals surface area contributed by atoms with Crippen LogP contribution in [-0.2, 0) is 6.42 Å². The standard InChI is InChI=1S/C13H19F2N3/c1-17-11(10-2-4-13(14,15)8-10)6-9-3-5-18-12(16)7-9/h3,5,7,10-11,17H,2,4,6,8H2,1H3,(H2,16,18). The minimum Gasteiger partial charge on any atom is -0.384 e. The maximum Gasteiger partial charge on any atom is 0.248 e. The number of likely N-dealkylation sites (N-methyl/N-ethyl adjacent to an activating group) is 1. The Labute approximate surface area is 106 Å². The van der Waals surface area contributed by atoms with E-state index in [1.165, 1.54) is 0 Å². The van der Waals surface area contributed by atoms with Crippen molar-refractivity contribution < 1.29 is 8.78 Å². The molecule has 0 amide bonds. The van der Waals surface area contributed by atoms with Crippen molar-refractivity contribution in [1.29, 1.82) is 0 Å². The molecule has 2 unspecified atom stereocenters. The summed E-state index contributed by atoms with van der Waals surface area (Å²) >= 11 is 0. The molecule has 5 heteroatoms. The predicted molar refractivity (Wildman–Crippen MR) is 67.5 cm³/mol. The summed E-state index contributed by atoms with van der Waals surface area (Å²) in [5, 5.41) is 3.16. The summed E-state index contributed by atoms with van der Waals surface area (Å²) in [4.78, 5) is 3.93. The molecule has 2 atom stereocenters. The molecule has 0 spiro atoms. The molecule has 1 aromatic heterocycles. The van der Waals surface area contributed by atoms with Crippen molar-refractivity contribution in [2.24, 2.45) is 5.92 Å². The number of nitrogens with one attached hydrogen (secondary N) is 1. The summed E-state index contributed by atoms with van der Waals surface area (Å²) in [6, 6.07) is 3.76. The number of hydrogen-bond donors (Lipinski definition) is 2. The lowest BCUT2D eigenvalue weighted by atomic mass is 9.92. The van der Waals surface area contributed by atoms with Crippen LogP contribution in [0.2, 0.25) is 0 Å². The highest BCUT2D eigenvalue weighted by Crippen LogP contribution is 2.40.